The van der Waals surface area contributed by atoms with Crippen molar-refractivity contribution in [3.05, 3.63) is 52.3 Å². The van der Waals surface area contributed by atoms with Crippen LogP contribution in [0.3, 0.4) is 0 Å². The summed E-state index contributed by atoms with van der Waals surface area (Å²) < 4.78 is 20.1. The first-order valence-corrected chi connectivity index (χ1v) is 8.00. The number of benzene rings is 1. The van der Waals surface area contributed by atoms with E-state index in [1.165, 1.54) is 33.3 Å². The predicted molar refractivity (Wildman–Crippen MR) is 98.1 cm³/mol. The molecule has 2 rings (SSSR count). The van der Waals surface area contributed by atoms with Gasteiger partial charge in [-0.3, -0.25) is 14.9 Å². The summed E-state index contributed by atoms with van der Waals surface area (Å²) in [5.41, 5.74) is 0.434. The number of esters is 1. The van der Waals surface area contributed by atoms with Gasteiger partial charge in [0.25, 0.3) is 5.91 Å². The van der Waals surface area contributed by atoms with Crippen molar-refractivity contribution in [1.82, 2.24) is 0 Å². The van der Waals surface area contributed by atoms with Crippen molar-refractivity contribution in [3.8, 4) is 11.5 Å². The molecule has 0 saturated heterocycles. The standard InChI is InChI=1S/C18H18N2O8/c1-11(18(22)19-12-4-7-14(25-2)15(10-12)26-3)27-17(21)9-6-13-5-8-16(28-13)20(23)24/h4-11H,1-3H3,(H,19,22)/b9-6+/t11-/m0/s1. The smallest absolute Gasteiger partial charge is 0.433 e. The normalized spacial score (nSPS) is 11.7. The van der Waals surface area contributed by atoms with E-state index in [2.05, 4.69) is 5.32 Å². The van der Waals surface area contributed by atoms with Crippen molar-refractivity contribution in [2.75, 3.05) is 19.5 Å². The summed E-state index contributed by atoms with van der Waals surface area (Å²) in [6.07, 6.45) is 1.12. The molecule has 0 aliphatic heterocycles. The fraction of sp³-hybridized carbons (Fsp3) is 0.222. The zero-order chi connectivity index (χ0) is 20.7. The number of nitrogens with one attached hydrogen (secondary N) is 1. The largest absolute Gasteiger partial charge is 0.493 e. The Morgan fingerprint density at radius 1 is 1.18 bits per heavy atom. The third-order valence-electron chi connectivity index (χ3n) is 3.49. The zero-order valence-electron chi connectivity index (χ0n) is 15.3. The Bertz CT molecular complexity index is 903. The number of furan rings is 1. The van der Waals surface area contributed by atoms with Crippen LogP contribution in [-0.2, 0) is 14.3 Å². The van der Waals surface area contributed by atoms with Crippen molar-refractivity contribution < 1.29 is 33.1 Å². The van der Waals surface area contributed by atoms with E-state index >= 15 is 0 Å². The molecule has 148 valence electrons. The lowest BCUT2D eigenvalue weighted by Gasteiger charge is -2.14. The van der Waals surface area contributed by atoms with Crippen LogP contribution in [0, 0.1) is 10.1 Å². The van der Waals surface area contributed by atoms with E-state index in [9.17, 15) is 19.7 Å². The third kappa shape index (κ3) is 5.34. The van der Waals surface area contributed by atoms with Crippen LogP contribution in [0.25, 0.3) is 6.08 Å². The van der Waals surface area contributed by atoms with Crippen molar-refractivity contribution in [1.29, 1.82) is 0 Å². The van der Waals surface area contributed by atoms with E-state index in [4.69, 9.17) is 18.6 Å². The Morgan fingerprint density at radius 2 is 1.89 bits per heavy atom. The number of hydrogen-bond acceptors (Lipinski definition) is 8. The van der Waals surface area contributed by atoms with Crippen LogP contribution < -0.4 is 14.8 Å². The van der Waals surface area contributed by atoms with E-state index < -0.39 is 28.8 Å². The summed E-state index contributed by atoms with van der Waals surface area (Å²) >= 11 is 0. The van der Waals surface area contributed by atoms with Gasteiger partial charge in [0.15, 0.2) is 17.6 Å². The number of nitro groups is 1. The van der Waals surface area contributed by atoms with Crippen LogP contribution in [0.2, 0.25) is 0 Å². The number of ether oxygens (including phenoxy) is 3. The predicted octanol–water partition coefficient (Wildman–Crippen LogP) is 2.79. The number of methoxy groups -OCH3 is 2. The molecule has 1 amide bonds. The SMILES string of the molecule is COc1ccc(NC(=O)[C@H](C)OC(=O)/C=C/c2ccc([N+](=O)[O-])o2)cc1OC. The van der Waals surface area contributed by atoms with Gasteiger partial charge in [0, 0.05) is 17.8 Å². The van der Waals surface area contributed by atoms with E-state index in [0.717, 1.165) is 12.1 Å². The van der Waals surface area contributed by atoms with Crippen LogP contribution in [0.1, 0.15) is 12.7 Å². The molecule has 1 heterocycles. The fourth-order valence-electron chi connectivity index (χ4n) is 2.10. The molecule has 0 radical (unpaired) electrons. The maximum Gasteiger partial charge on any atom is 0.433 e. The van der Waals surface area contributed by atoms with Gasteiger partial charge in [0.1, 0.15) is 10.7 Å². The van der Waals surface area contributed by atoms with Crippen LogP contribution in [0.4, 0.5) is 11.6 Å². The van der Waals surface area contributed by atoms with Crippen molar-refractivity contribution in [3.63, 3.8) is 0 Å². The summed E-state index contributed by atoms with van der Waals surface area (Å²) in [7, 11) is 2.96. The quantitative estimate of drug-likeness (QED) is 0.315. The van der Waals surface area contributed by atoms with Gasteiger partial charge in [0.05, 0.1) is 20.3 Å². The first kappa shape index (κ1) is 20.5. The van der Waals surface area contributed by atoms with Crippen molar-refractivity contribution in [2.45, 2.75) is 13.0 Å². The lowest BCUT2D eigenvalue weighted by atomic mass is 10.2. The monoisotopic (exact) mass is 390 g/mol. The highest BCUT2D eigenvalue weighted by molar-refractivity contribution is 5.96. The van der Waals surface area contributed by atoms with Gasteiger partial charge < -0.3 is 23.9 Å². The Labute approximate surface area is 159 Å². The lowest BCUT2D eigenvalue weighted by molar-refractivity contribution is -0.402. The Kier molecular flexibility index (Phi) is 6.74. The molecule has 2 aromatic rings. The topological polar surface area (TPSA) is 130 Å². The number of anilines is 1. The molecule has 1 aromatic heterocycles. The van der Waals surface area contributed by atoms with E-state index in [1.54, 1.807) is 18.2 Å². The Hall–Kier alpha value is -3.82. The highest BCUT2D eigenvalue weighted by Gasteiger charge is 2.18. The highest BCUT2D eigenvalue weighted by Crippen LogP contribution is 2.29. The molecule has 0 spiro atoms. The second-order valence-corrected chi connectivity index (χ2v) is 5.40. The first-order chi connectivity index (χ1) is 13.3. The van der Waals surface area contributed by atoms with Crippen LogP contribution >= 0.6 is 0 Å². The third-order valence-corrected chi connectivity index (χ3v) is 3.49. The molecule has 10 heteroatoms. The van der Waals surface area contributed by atoms with Gasteiger partial charge in [0.2, 0.25) is 0 Å². The van der Waals surface area contributed by atoms with Crippen LogP contribution in [-0.4, -0.2) is 37.1 Å². The summed E-state index contributed by atoms with van der Waals surface area (Å²) in [5, 5.41) is 13.1. The fourth-order valence-corrected chi connectivity index (χ4v) is 2.10. The number of carbonyl (C=O) groups excluding carboxylic acids is 2. The van der Waals surface area contributed by atoms with Gasteiger partial charge in [-0.1, -0.05) is 0 Å². The van der Waals surface area contributed by atoms with Crippen LogP contribution in [0.15, 0.2) is 40.8 Å². The Balaban J connectivity index is 1.93. The number of rotatable bonds is 8. The Morgan fingerprint density at radius 3 is 2.50 bits per heavy atom. The molecule has 1 atom stereocenters. The van der Waals surface area contributed by atoms with E-state index in [1.807, 2.05) is 0 Å². The molecule has 1 N–H and O–H groups in total. The molecular formula is C18H18N2O8. The number of nitrogens with zero attached hydrogens (tertiary/aromatic N) is 1. The molecule has 1 aromatic carbocycles. The molecule has 10 nitrogen and oxygen atoms in total. The number of carbonyl (C=O) groups is 2. The molecule has 28 heavy (non-hydrogen) atoms. The average molecular weight is 390 g/mol. The van der Waals surface area contributed by atoms with E-state index in [0.29, 0.717) is 17.2 Å². The van der Waals surface area contributed by atoms with Gasteiger partial charge in [-0.15, -0.1) is 0 Å². The van der Waals surface area contributed by atoms with Gasteiger partial charge >= 0.3 is 11.9 Å². The average Bonchev–Trinajstić information content (AvgIpc) is 3.15. The van der Waals surface area contributed by atoms with Gasteiger partial charge in [-0.05, 0) is 31.2 Å². The molecule has 0 aliphatic rings. The zero-order valence-corrected chi connectivity index (χ0v) is 15.3. The second-order valence-electron chi connectivity index (χ2n) is 5.40. The molecule has 0 saturated carbocycles. The van der Waals surface area contributed by atoms with Crippen LogP contribution in [0.5, 0.6) is 11.5 Å². The number of hydrogen-bond donors (Lipinski definition) is 1. The molecule has 0 unspecified atom stereocenters. The number of amides is 1. The minimum absolute atomic E-state index is 0.103. The summed E-state index contributed by atoms with van der Waals surface area (Å²) in [6.45, 7) is 1.40. The summed E-state index contributed by atoms with van der Waals surface area (Å²) in [5.74, 6) is -0.776. The summed E-state index contributed by atoms with van der Waals surface area (Å²) in [4.78, 5) is 33.8. The maximum absolute atomic E-state index is 12.2. The summed E-state index contributed by atoms with van der Waals surface area (Å²) in [6, 6.07) is 7.28. The van der Waals surface area contributed by atoms with E-state index in [-0.39, 0.29) is 5.76 Å². The van der Waals surface area contributed by atoms with Gasteiger partial charge in [-0.2, -0.15) is 0 Å². The second kappa shape index (κ2) is 9.21. The molecule has 0 bridgehead atoms. The van der Waals surface area contributed by atoms with Crippen molar-refractivity contribution in [2.24, 2.45) is 0 Å². The minimum Gasteiger partial charge on any atom is -0.493 e. The highest BCUT2D eigenvalue weighted by atomic mass is 16.6. The first-order valence-electron chi connectivity index (χ1n) is 8.00. The minimum atomic E-state index is -1.09. The van der Waals surface area contributed by atoms with Crippen molar-refractivity contribution >= 4 is 29.5 Å². The molecular weight excluding hydrogens is 372 g/mol. The molecule has 0 fully saturated rings. The lowest BCUT2D eigenvalue weighted by Crippen LogP contribution is -2.29. The van der Waals surface area contributed by atoms with Gasteiger partial charge in [-0.25, -0.2) is 4.79 Å². The molecule has 0 aliphatic carbocycles. The maximum atomic E-state index is 12.2.